The Labute approximate surface area is 808 Å². The normalized spacial score (nSPS) is 12.8. The second-order valence-electron chi connectivity index (χ2n) is 33.5. The summed E-state index contributed by atoms with van der Waals surface area (Å²) in [5.41, 5.74) is 0. The summed E-state index contributed by atoms with van der Waals surface area (Å²) in [5.74, 6) is 1.13. The van der Waals surface area contributed by atoms with Gasteiger partial charge in [0.2, 0.25) is 0 Å². The van der Waals surface area contributed by atoms with E-state index in [4.69, 9.17) is 56.8 Å². The summed E-state index contributed by atoms with van der Waals surface area (Å²) in [4.78, 5) is 162. The molecule has 6 atom stereocenters. The van der Waals surface area contributed by atoms with Crippen molar-refractivity contribution in [1.29, 1.82) is 0 Å². The number of thioether (sulfide) groups is 6. The van der Waals surface area contributed by atoms with E-state index >= 15 is 0 Å². The molecule has 0 radical (unpaired) electrons. The van der Waals surface area contributed by atoms with E-state index in [-0.39, 0.29) is 192 Å². The van der Waals surface area contributed by atoms with Crippen LogP contribution in [0.1, 0.15) is 275 Å². The third-order valence-electron chi connectivity index (χ3n) is 21.2. The van der Waals surface area contributed by atoms with Gasteiger partial charge in [-0.05, 0) is 81.8 Å². The van der Waals surface area contributed by atoms with Crippen LogP contribution in [0.4, 0.5) is 0 Å². The Hall–Kier alpha value is -4.42. The van der Waals surface area contributed by atoms with E-state index in [0.717, 1.165) is 68.2 Å². The molecule has 0 aliphatic heterocycles. The van der Waals surface area contributed by atoms with Gasteiger partial charge < -0.3 is 76.4 Å². The topological polar surface area (TPSA) is 329 Å². The van der Waals surface area contributed by atoms with Crippen LogP contribution in [0.15, 0.2) is 0 Å². The summed E-state index contributed by atoms with van der Waals surface area (Å²) in [7, 11) is 2.01. The largest absolute Gasteiger partial charge is 0.462 e. The number of carbonyl (C=O) groups excluding carboxylic acids is 12. The first-order chi connectivity index (χ1) is 62.8. The molecular weight excluding hydrogens is 1790 g/mol. The third kappa shape index (κ3) is 78.7. The lowest BCUT2D eigenvalue weighted by Gasteiger charge is -2.23. The molecule has 0 amide bonds. The van der Waals surface area contributed by atoms with Crippen LogP contribution in [-0.2, 0) is 114 Å². The maximum Gasteiger partial charge on any atom is 0.309 e. The Morgan fingerprint density at radius 2 is 0.385 bits per heavy atom. The predicted molar refractivity (Wildman–Crippen MR) is 529 cm³/mol. The van der Waals surface area contributed by atoms with Crippen LogP contribution < -0.4 is 0 Å². The monoisotopic (exact) mass is 1960 g/mol. The second kappa shape index (κ2) is 89.8. The number of esters is 12. The van der Waals surface area contributed by atoms with Gasteiger partial charge in [-0.25, -0.2) is 0 Å². The van der Waals surface area contributed by atoms with Crippen LogP contribution in [-0.4, -0.2) is 319 Å². The van der Waals surface area contributed by atoms with E-state index in [1.165, 1.54) is 152 Å². The number of carbonyl (C=O) groups is 12. The lowest BCUT2D eigenvalue weighted by molar-refractivity contribution is -0.154. The van der Waals surface area contributed by atoms with Crippen LogP contribution in [0.5, 0.6) is 0 Å². The van der Waals surface area contributed by atoms with Gasteiger partial charge >= 0.3 is 71.6 Å². The van der Waals surface area contributed by atoms with Crippen molar-refractivity contribution in [2.45, 2.75) is 275 Å². The van der Waals surface area contributed by atoms with Crippen molar-refractivity contribution in [2.24, 2.45) is 35.5 Å². The molecule has 0 aromatic carbocycles. The van der Waals surface area contributed by atoms with Crippen molar-refractivity contribution in [3.05, 3.63) is 0 Å². The van der Waals surface area contributed by atoms with Crippen LogP contribution in [0.3, 0.4) is 0 Å². The Morgan fingerprint density at radius 3 is 0.585 bits per heavy atom. The maximum absolute atomic E-state index is 13.1. The first-order valence-corrected chi connectivity index (χ1v) is 56.0. The Balaban J connectivity index is 5.32. The molecule has 0 fully saturated rings. The molecule has 34 heteroatoms. The summed E-state index contributed by atoms with van der Waals surface area (Å²) in [6.07, 6.45) is 30.0. The highest BCUT2D eigenvalue weighted by atomic mass is 32.2. The molecule has 0 saturated carbocycles. The van der Waals surface area contributed by atoms with Gasteiger partial charge in [0.25, 0.3) is 0 Å². The van der Waals surface area contributed by atoms with E-state index < -0.39 is 59.6 Å². The van der Waals surface area contributed by atoms with Gasteiger partial charge in [-0.3, -0.25) is 57.5 Å². The van der Waals surface area contributed by atoms with Crippen molar-refractivity contribution in [3.63, 3.8) is 0 Å². The minimum atomic E-state index is -0.514. The molecule has 0 aliphatic rings. The summed E-state index contributed by atoms with van der Waals surface area (Å²) >= 11 is 9.97. The molecule has 0 rings (SSSR count). The molecule has 0 bridgehead atoms. The molecule has 0 heterocycles. The first kappa shape index (κ1) is 126. The van der Waals surface area contributed by atoms with E-state index in [1.807, 2.05) is 49.4 Å². The zero-order valence-corrected chi connectivity index (χ0v) is 87.1. The summed E-state index contributed by atoms with van der Waals surface area (Å²) in [5, 5.41) is 0. The molecule has 130 heavy (non-hydrogen) atoms. The standard InChI is InChI=1S/C96H174N4O24S6/c1-13-18-22-26-30-34-67-125-73-79(6)91(107)119-61-57-115-87(103)41-49-99(50-42-88(104)116-58-62-120-92(108)80(7)74-126-68-35-31-27-23-19-14-2)53-71-129-77-83(10)95(111)123-65-55-113-85(101)39-47-98(46-38-45-97(12)17-5)48-40-86(102)114-56-66-124-96(112)84(11)78-130-72-54-100(51-43-89(105)117-59-63-121-93(109)81(8)75-127-69-36-32-28-24-20-15-3)52-44-90(106)118-60-64-122-94(110)82(9)76-128-70-37-33-29-25-21-16-4/h79-84H,13-78H2,1-12H3. The third-order valence-corrected chi connectivity index (χ3v) is 28.9. The maximum atomic E-state index is 13.1. The molecular formula is C96H174N4O24S6. The van der Waals surface area contributed by atoms with E-state index in [9.17, 15) is 57.5 Å². The number of rotatable bonds is 93. The van der Waals surface area contributed by atoms with Gasteiger partial charge in [-0.15, -0.1) is 0 Å². The zero-order chi connectivity index (χ0) is 96.1. The number of ether oxygens (including phenoxy) is 12. The Morgan fingerprint density at radius 1 is 0.208 bits per heavy atom. The molecule has 6 unspecified atom stereocenters. The molecule has 0 spiro atoms. The van der Waals surface area contributed by atoms with Gasteiger partial charge in [0.05, 0.1) is 74.0 Å². The first-order valence-electron chi connectivity index (χ1n) is 49.1. The van der Waals surface area contributed by atoms with Crippen LogP contribution in [0.2, 0.25) is 0 Å². The quantitative estimate of drug-likeness (QED) is 0.0310. The second-order valence-corrected chi connectivity index (χ2v) is 40.4. The minimum Gasteiger partial charge on any atom is -0.462 e. The molecule has 0 aromatic rings. The van der Waals surface area contributed by atoms with Gasteiger partial charge in [0, 0.05) is 98.4 Å². The van der Waals surface area contributed by atoms with Crippen molar-refractivity contribution in [3.8, 4) is 0 Å². The van der Waals surface area contributed by atoms with Crippen LogP contribution in [0.25, 0.3) is 0 Å². The lowest BCUT2D eigenvalue weighted by Crippen LogP contribution is -2.33. The van der Waals surface area contributed by atoms with Crippen LogP contribution in [0, 0.1) is 35.5 Å². The van der Waals surface area contributed by atoms with E-state index in [2.05, 4.69) is 39.5 Å². The van der Waals surface area contributed by atoms with E-state index in [0.29, 0.717) is 78.7 Å². The fraction of sp³-hybridized carbons (Fsp3) is 0.875. The molecule has 0 aromatic heterocycles. The average Bonchev–Trinajstić information content (AvgIpc) is 0.889. The Bertz CT molecular complexity index is 2600. The average molecular weight is 1960 g/mol. The highest BCUT2D eigenvalue weighted by Gasteiger charge is 2.24. The van der Waals surface area contributed by atoms with Gasteiger partial charge in [0.1, 0.15) is 79.3 Å². The van der Waals surface area contributed by atoms with Crippen LogP contribution >= 0.6 is 70.6 Å². The highest BCUT2D eigenvalue weighted by Crippen LogP contribution is 2.21. The van der Waals surface area contributed by atoms with Gasteiger partial charge in [-0.2, -0.15) is 70.6 Å². The summed E-state index contributed by atoms with van der Waals surface area (Å²) in [6, 6.07) is 0. The van der Waals surface area contributed by atoms with Gasteiger partial charge in [0.15, 0.2) is 0 Å². The number of hydrogen-bond donors (Lipinski definition) is 0. The number of nitrogens with zero attached hydrogens (tertiary/aromatic N) is 4. The predicted octanol–water partition coefficient (Wildman–Crippen LogP) is 16.8. The summed E-state index contributed by atoms with van der Waals surface area (Å²) < 4.78 is 65.2. The van der Waals surface area contributed by atoms with Crippen molar-refractivity contribution >= 4 is 142 Å². The smallest absolute Gasteiger partial charge is 0.309 e. The van der Waals surface area contributed by atoms with Gasteiger partial charge in [-0.1, -0.05) is 205 Å². The highest BCUT2D eigenvalue weighted by molar-refractivity contribution is 8.00. The van der Waals surface area contributed by atoms with E-state index in [1.54, 1.807) is 60.9 Å². The molecule has 0 N–H and O–H groups in total. The summed E-state index contributed by atoms with van der Waals surface area (Å²) in [6.45, 7) is 25.3. The van der Waals surface area contributed by atoms with Crippen molar-refractivity contribution < 1.29 is 114 Å². The molecule has 0 saturated heterocycles. The molecule has 0 aliphatic carbocycles. The number of hydrogen-bond acceptors (Lipinski definition) is 34. The SMILES string of the molecule is CCCCCCCCSCC(C)C(=O)OCCOC(=O)CCN(CCSCC(C)C(=O)OCCOC(=O)CCN(CCCN(C)CC)CCC(=O)OCCOC(=O)C(C)CSCCN(CCC(=O)OCCOC(=O)C(C)CSCCCCCCCC)CCC(=O)OCCOC(=O)C(C)CSCCCCCCCC)CCC(=O)OCCOC(=O)C(C)CSCCCCCCCC. The number of unbranched alkanes of at least 4 members (excludes halogenated alkanes) is 20. The minimum absolute atomic E-state index is 0.00821. The van der Waals surface area contributed by atoms with Crippen molar-refractivity contribution in [1.82, 2.24) is 19.6 Å². The molecule has 28 nitrogen and oxygen atoms in total. The lowest BCUT2D eigenvalue weighted by atomic mass is 10.1. The zero-order valence-electron chi connectivity index (χ0n) is 82.2. The molecule has 758 valence electrons. The fourth-order valence-electron chi connectivity index (χ4n) is 12.6. The fourth-order valence-corrected chi connectivity index (χ4v) is 18.9. The van der Waals surface area contributed by atoms with Crippen molar-refractivity contribution in [2.75, 3.05) is 227 Å². The Kier molecular flexibility index (Phi) is 86.7.